The van der Waals surface area contributed by atoms with Crippen molar-refractivity contribution in [3.8, 4) is 0 Å². The normalized spacial score (nSPS) is 25.2. The standard InChI is InChI=1S/C18H27N3O2/c1-2-4-16-13-23-14-17-12-20(9-10-21(16)17)18(22)7-6-15-5-3-8-19-11-15/h3,5,8,11,16-17H,2,4,6-7,9-10,12-14H2,1H3/t16-,17+/m0/s1. The molecule has 0 spiro atoms. The molecule has 1 amide bonds. The van der Waals surface area contributed by atoms with Crippen LogP contribution in [0, 0.1) is 0 Å². The molecule has 126 valence electrons. The Labute approximate surface area is 138 Å². The molecule has 0 bridgehead atoms. The molecule has 23 heavy (non-hydrogen) atoms. The minimum absolute atomic E-state index is 0.256. The zero-order valence-corrected chi connectivity index (χ0v) is 14.0. The number of fused-ring (bicyclic) bond motifs is 1. The van der Waals surface area contributed by atoms with Gasteiger partial charge in [0.25, 0.3) is 0 Å². The maximum Gasteiger partial charge on any atom is 0.223 e. The fourth-order valence-electron chi connectivity index (χ4n) is 3.70. The maximum absolute atomic E-state index is 12.5. The van der Waals surface area contributed by atoms with Gasteiger partial charge in [0.05, 0.1) is 19.3 Å². The summed E-state index contributed by atoms with van der Waals surface area (Å²) in [5.41, 5.74) is 1.13. The Morgan fingerprint density at radius 1 is 1.39 bits per heavy atom. The molecule has 5 nitrogen and oxygen atoms in total. The van der Waals surface area contributed by atoms with Crippen molar-refractivity contribution in [2.45, 2.75) is 44.7 Å². The summed E-state index contributed by atoms with van der Waals surface area (Å²) in [6, 6.07) is 4.86. The molecule has 2 aliphatic heterocycles. The first kappa shape index (κ1) is 16.4. The molecule has 0 N–H and O–H groups in total. The van der Waals surface area contributed by atoms with Gasteiger partial charge in [-0.05, 0) is 24.5 Å². The lowest BCUT2D eigenvalue weighted by Crippen LogP contribution is -2.62. The van der Waals surface area contributed by atoms with Gasteiger partial charge in [-0.2, -0.15) is 0 Å². The second-order valence-corrected chi connectivity index (χ2v) is 6.57. The molecule has 0 aromatic carbocycles. The van der Waals surface area contributed by atoms with E-state index >= 15 is 0 Å². The number of carbonyl (C=O) groups excluding carboxylic acids is 1. The van der Waals surface area contributed by atoms with E-state index in [0.717, 1.165) is 44.8 Å². The van der Waals surface area contributed by atoms with Gasteiger partial charge in [0.15, 0.2) is 0 Å². The monoisotopic (exact) mass is 317 g/mol. The van der Waals surface area contributed by atoms with E-state index in [-0.39, 0.29) is 5.91 Å². The lowest BCUT2D eigenvalue weighted by molar-refractivity contribution is -0.139. The van der Waals surface area contributed by atoms with Crippen LogP contribution >= 0.6 is 0 Å². The van der Waals surface area contributed by atoms with Crippen LogP contribution in [0.15, 0.2) is 24.5 Å². The van der Waals surface area contributed by atoms with E-state index in [9.17, 15) is 4.79 Å². The maximum atomic E-state index is 12.5. The topological polar surface area (TPSA) is 45.7 Å². The van der Waals surface area contributed by atoms with Gasteiger partial charge in [0.2, 0.25) is 5.91 Å². The molecule has 3 heterocycles. The molecule has 2 aliphatic rings. The number of morpholine rings is 1. The van der Waals surface area contributed by atoms with E-state index in [1.807, 2.05) is 23.2 Å². The lowest BCUT2D eigenvalue weighted by Gasteiger charge is -2.48. The predicted octanol–water partition coefficient (Wildman–Crippen LogP) is 1.73. The van der Waals surface area contributed by atoms with Crippen LogP contribution in [-0.4, -0.2) is 65.6 Å². The minimum atomic E-state index is 0.256. The highest BCUT2D eigenvalue weighted by molar-refractivity contribution is 5.76. The van der Waals surface area contributed by atoms with E-state index in [4.69, 9.17) is 4.74 Å². The quantitative estimate of drug-likeness (QED) is 0.830. The molecular weight excluding hydrogens is 290 g/mol. The third kappa shape index (κ3) is 4.09. The summed E-state index contributed by atoms with van der Waals surface area (Å²) in [7, 11) is 0. The van der Waals surface area contributed by atoms with Crippen LogP contribution in [0.1, 0.15) is 31.7 Å². The number of carbonyl (C=O) groups is 1. The van der Waals surface area contributed by atoms with Crippen molar-refractivity contribution in [1.29, 1.82) is 0 Å². The van der Waals surface area contributed by atoms with E-state index < -0.39 is 0 Å². The van der Waals surface area contributed by atoms with E-state index in [2.05, 4.69) is 16.8 Å². The molecule has 1 aromatic rings. The summed E-state index contributed by atoms with van der Waals surface area (Å²) in [5.74, 6) is 0.256. The highest BCUT2D eigenvalue weighted by Crippen LogP contribution is 2.22. The van der Waals surface area contributed by atoms with Crippen LogP contribution in [0.4, 0.5) is 0 Å². The van der Waals surface area contributed by atoms with Crippen LogP contribution in [0.25, 0.3) is 0 Å². The third-order valence-corrected chi connectivity index (χ3v) is 4.94. The number of aryl methyl sites for hydroxylation is 1. The van der Waals surface area contributed by atoms with Crippen molar-refractivity contribution in [2.75, 3.05) is 32.8 Å². The summed E-state index contributed by atoms with van der Waals surface area (Å²) in [5, 5.41) is 0. The van der Waals surface area contributed by atoms with Gasteiger partial charge < -0.3 is 9.64 Å². The summed E-state index contributed by atoms with van der Waals surface area (Å²) in [6.07, 6.45) is 7.32. The summed E-state index contributed by atoms with van der Waals surface area (Å²) in [6.45, 7) is 6.47. The molecular formula is C18H27N3O2. The Kier molecular flexibility index (Phi) is 5.62. The van der Waals surface area contributed by atoms with E-state index in [1.54, 1.807) is 6.20 Å². The molecule has 2 fully saturated rings. The van der Waals surface area contributed by atoms with Crippen LogP contribution in [0.5, 0.6) is 0 Å². The predicted molar refractivity (Wildman–Crippen MR) is 89.1 cm³/mol. The largest absolute Gasteiger partial charge is 0.378 e. The number of aromatic nitrogens is 1. The molecule has 1 aromatic heterocycles. The van der Waals surface area contributed by atoms with Crippen LogP contribution in [0.3, 0.4) is 0 Å². The first-order valence-electron chi connectivity index (χ1n) is 8.78. The second-order valence-electron chi connectivity index (χ2n) is 6.57. The van der Waals surface area contributed by atoms with Crippen molar-refractivity contribution >= 4 is 5.91 Å². The molecule has 5 heteroatoms. The Balaban J connectivity index is 1.51. The molecule has 0 radical (unpaired) electrons. The van der Waals surface area contributed by atoms with Gasteiger partial charge in [-0.25, -0.2) is 0 Å². The number of hydrogen-bond donors (Lipinski definition) is 0. The van der Waals surface area contributed by atoms with Gasteiger partial charge in [-0.15, -0.1) is 0 Å². The van der Waals surface area contributed by atoms with Gasteiger partial charge >= 0.3 is 0 Å². The molecule has 2 saturated heterocycles. The second kappa shape index (κ2) is 7.88. The summed E-state index contributed by atoms with van der Waals surface area (Å²) < 4.78 is 5.77. The molecule has 0 unspecified atom stereocenters. The average molecular weight is 317 g/mol. The van der Waals surface area contributed by atoms with Crippen molar-refractivity contribution < 1.29 is 9.53 Å². The Hall–Kier alpha value is -1.46. The van der Waals surface area contributed by atoms with Gasteiger partial charge in [-0.1, -0.05) is 19.4 Å². The first-order valence-corrected chi connectivity index (χ1v) is 8.78. The van der Waals surface area contributed by atoms with Crippen molar-refractivity contribution in [3.05, 3.63) is 30.1 Å². The van der Waals surface area contributed by atoms with E-state index in [0.29, 0.717) is 18.5 Å². The van der Waals surface area contributed by atoms with Crippen LogP contribution in [0.2, 0.25) is 0 Å². The Morgan fingerprint density at radius 2 is 2.30 bits per heavy atom. The van der Waals surface area contributed by atoms with E-state index in [1.165, 1.54) is 12.8 Å². The number of piperazine rings is 1. The average Bonchev–Trinajstić information content (AvgIpc) is 2.60. The fraction of sp³-hybridized carbons (Fsp3) is 0.667. The van der Waals surface area contributed by atoms with Crippen LogP contribution in [-0.2, 0) is 16.0 Å². The van der Waals surface area contributed by atoms with Gasteiger partial charge in [0.1, 0.15) is 0 Å². The molecule has 0 saturated carbocycles. The van der Waals surface area contributed by atoms with Gasteiger partial charge in [0, 0.05) is 44.5 Å². The minimum Gasteiger partial charge on any atom is -0.378 e. The summed E-state index contributed by atoms with van der Waals surface area (Å²) >= 11 is 0. The summed E-state index contributed by atoms with van der Waals surface area (Å²) in [4.78, 5) is 21.2. The number of rotatable bonds is 5. The fourth-order valence-corrected chi connectivity index (χ4v) is 3.70. The molecule has 3 rings (SSSR count). The van der Waals surface area contributed by atoms with Gasteiger partial charge in [-0.3, -0.25) is 14.7 Å². The molecule has 2 atom stereocenters. The number of hydrogen-bond acceptors (Lipinski definition) is 4. The van der Waals surface area contributed by atoms with Crippen molar-refractivity contribution in [3.63, 3.8) is 0 Å². The zero-order valence-electron chi connectivity index (χ0n) is 14.0. The first-order chi connectivity index (χ1) is 11.3. The number of amides is 1. The molecule has 0 aliphatic carbocycles. The SMILES string of the molecule is CCC[C@H]1COC[C@H]2CN(C(=O)CCc3cccnc3)CCN12. The lowest BCUT2D eigenvalue weighted by atomic mass is 10.0. The number of pyridine rings is 1. The smallest absolute Gasteiger partial charge is 0.223 e. The Bertz CT molecular complexity index is 506. The highest BCUT2D eigenvalue weighted by Gasteiger charge is 2.36. The number of ether oxygens (including phenoxy) is 1. The third-order valence-electron chi connectivity index (χ3n) is 4.94. The number of nitrogens with zero attached hydrogens (tertiary/aromatic N) is 3. The van der Waals surface area contributed by atoms with Crippen molar-refractivity contribution in [2.24, 2.45) is 0 Å². The Morgan fingerprint density at radius 3 is 3.09 bits per heavy atom. The highest BCUT2D eigenvalue weighted by atomic mass is 16.5. The van der Waals surface area contributed by atoms with Crippen molar-refractivity contribution in [1.82, 2.24) is 14.8 Å². The zero-order chi connectivity index (χ0) is 16.1. The van der Waals surface area contributed by atoms with Crippen LogP contribution < -0.4 is 0 Å².